The van der Waals surface area contributed by atoms with Crippen LogP contribution in [-0.2, 0) is 18.5 Å². The molecular formula is C37H28Cl2N4. The Bertz CT molecular complexity index is 1880. The van der Waals surface area contributed by atoms with Gasteiger partial charge in [0, 0.05) is 46.6 Å². The molecule has 4 nitrogen and oxygen atoms in total. The Hall–Kier alpha value is -4.64. The summed E-state index contributed by atoms with van der Waals surface area (Å²) < 4.78 is 4.56. The van der Waals surface area contributed by atoms with Crippen molar-refractivity contribution in [3.8, 4) is 0 Å². The molecule has 7 aromatic rings. The zero-order valence-electron chi connectivity index (χ0n) is 23.3. The van der Waals surface area contributed by atoms with Crippen LogP contribution in [0.5, 0.6) is 0 Å². The van der Waals surface area contributed by atoms with E-state index >= 15 is 0 Å². The van der Waals surface area contributed by atoms with E-state index in [0.29, 0.717) is 23.0 Å². The summed E-state index contributed by atoms with van der Waals surface area (Å²) in [5.41, 5.74) is 5.74. The molecule has 0 aliphatic rings. The van der Waals surface area contributed by atoms with Gasteiger partial charge in [-0.2, -0.15) is 0 Å². The summed E-state index contributed by atoms with van der Waals surface area (Å²) in [5.74, 6) is 0.932. The van der Waals surface area contributed by atoms with Gasteiger partial charge in [-0.15, -0.1) is 0 Å². The number of rotatable bonds is 8. The minimum Gasteiger partial charge on any atom is -0.340 e. The van der Waals surface area contributed by atoms with Gasteiger partial charge in [0.1, 0.15) is 11.4 Å². The third-order valence-electron chi connectivity index (χ3n) is 8.15. The van der Waals surface area contributed by atoms with Crippen LogP contribution >= 0.6 is 23.2 Å². The first-order valence-corrected chi connectivity index (χ1v) is 15.0. The molecule has 0 saturated carbocycles. The van der Waals surface area contributed by atoms with Gasteiger partial charge in [0.15, 0.2) is 0 Å². The molecular weight excluding hydrogens is 571 g/mol. The number of hydrogen-bond donors (Lipinski definition) is 0. The van der Waals surface area contributed by atoms with E-state index in [1.165, 1.54) is 0 Å². The summed E-state index contributed by atoms with van der Waals surface area (Å²) >= 11 is 13.0. The van der Waals surface area contributed by atoms with Crippen molar-refractivity contribution >= 4 is 34.1 Å². The van der Waals surface area contributed by atoms with Crippen LogP contribution in [-0.4, -0.2) is 19.1 Å². The number of halogens is 2. The van der Waals surface area contributed by atoms with Crippen molar-refractivity contribution in [1.82, 2.24) is 19.1 Å². The molecule has 0 bridgehead atoms. The van der Waals surface area contributed by atoms with Gasteiger partial charge in [-0.1, -0.05) is 120 Å². The molecule has 0 saturated heterocycles. The second-order valence-electron chi connectivity index (χ2n) is 10.5. The standard InChI is InChI=1S/C37H28Cl2N4/c38-32-17-10-18-33(39)31(32)25-34-30-20-23-42(35(30)19-21-40-34)26-36-41-22-24-43(36)37(27-11-4-1-5-12-27,28-13-6-2-7-14-28)29-15-8-3-9-16-29/h1-24H,25-26H2. The van der Waals surface area contributed by atoms with Gasteiger partial charge in [-0.3, -0.25) is 4.98 Å². The second kappa shape index (κ2) is 11.6. The van der Waals surface area contributed by atoms with E-state index in [1.807, 2.05) is 30.6 Å². The van der Waals surface area contributed by atoms with Crippen LogP contribution in [0.2, 0.25) is 10.0 Å². The highest BCUT2D eigenvalue weighted by molar-refractivity contribution is 6.36. The Balaban J connectivity index is 1.37. The summed E-state index contributed by atoms with van der Waals surface area (Å²) in [4.78, 5) is 9.66. The van der Waals surface area contributed by atoms with Gasteiger partial charge < -0.3 is 9.13 Å². The minimum absolute atomic E-state index is 0.549. The molecule has 0 unspecified atom stereocenters. The summed E-state index contributed by atoms with van der Waals surface area (Å²) in [5, 5.41) is 2.36. The van der Waals surface area contributed by atoms with Crippen molar-refractivity contribution in [3.63, 3.8) is 0 Å². The van der Waals surface area contributed by atoms with Crippen LogP contribution in [0.3, 0.4) is 0 Å². The van der Waals surface area contributed by atoms with Gasteiger partial charge in [0.2, 0.25) is 0 Å². The van der Waals surface area contributed by atoms with Gasteiger partial charge >= 0.3 is 0 Å². The van der Waals surface area contributed by atoms with Crippen molar-refractivity contribution in [2.45, 2.75) is 18.5 Å². The number of pyridine rings is 1. The van der Waals surface area contributed by atoms with Gasteiger partial charge in [-0.25, -0.2) is 4.98 Å². The Morgan fingerprint density at radius 1 is 0.581 bits per heavy atom. The van der Waals surface area contributed by atoms with Crippen LogP contribution < -0.4 is 0 Å². The van der Waals surface area contributed by atoms with Crippen molar-refractivity contribution < 1.29 is 0 Å². The SMILES string of the molecule is Clc1cccc(Cl)c1Cc1nccc2c1ccn2Cc1nccn1C(c1ccccc1)(c1ccccc1)c1ccccc1. The predicted octanol–water partition coefficient (Wildman–Crippen LogP) is 9.02. The van der Waals surface area contributed by atoms with Crippen molar-refractivity contribution in [2.75, 3.05) is 0 Å². The third kappa shape index (κ3) is 4.83. The number of aromatic nitrogens is 4. The van der Waals surface area contributed by atoms with E-state index in [1.54, 1.807) is 0 Å². The lowest BCUT2D eigenvalue weighted by Gasteiger charge is -2.38. The molecule has 43 heavy (non-hydrogen) atoms. The average molecular weight is 600 g/mol. The zero-order valence-corrected chi connectivity index (χ0v) is 24.8. The fraction of sp³-hybridized carbons (Fsp3) is 0.0811. The lowest BCUT2D eigenvalue weighted by Crippen LogP contribution is -2.38. The number of fused-ring (bicyclic) bond motifs is 1. The summed E-state index contributed by atoms with van der Waals surface area (Å²) in [6, 6.07) is 41.8. The van der Waals surface area contributed by atoms with E-state index in [2.05, 4.69) is 125 Å². The predicted molar refractivity (Wildman–Crippen MR) is 175 cm³/mol. The number of nitrogens with zero attached hydrogens (tertiary/aromatic N) is 4. The molecule has 3 heterocycles. The first-order chi connectivity index (χ1) is 21.2. The van der Waals surface area contributed by atoms with E-state index in [4.69, 9.17) is 33.2 Å². The second-order valence-corrected chi connectivity index (χ2v) is 11.3. The average Bonchev–Trinajstić information content (AvgIpc) is 3.69. The van der Waals surface area contributed by atoms with Crippen LogP contribution in [0, 0.1) is 0 Å². The Morgan fingerprint density at radius 3 is 1.74 bits per heavy atom. The fourth-order valence-corrected chi connectivity index (χ4v) is 6.72. The molecule has 0 fully saturated rings. The Morgan fingerprint density at radius 2 is 1.16 bits per heavy atom. The first kappa shape index (κ1) is 27.2. The van der Waals surface area contributed by atoms with Crippen LogP contribution in [0.4, 0.5) is 0 Å². The molecule has 0 aliphatic heterocycles. The van der Waals surface area contributed by atoms with Crippen molar-refractivity contribution in [3.05, 3.63) is 190 Å². The molecule has 3 aromatic heterocycles. The molecule has 0 radical (unpaired) electrons. The van der Waals surface area contributed by atoms with Crippen molar-refractivity contribution in [1.29, 1.82) is 0 Å². The highest BCUT2D eigenvalue weighted by atomic mass is 35.5. The number of hydrogen-bond acceptors (Lipinski definition) is 2. The summed E-state index contributed by atoms with van der Waals surface area (Å²) in [6.07, 6.45) is 8.51. The molecule has 0 amide bonds. The highest BCUT2D eigenvalue weighted by Crippen LogP contribution is 2.41. The third-order valence-corrected chi connectivity index (χ3v) is 8.86. The fourth-order valence-electron chi connectivity index (χ4n) is 6.19. The van der Waals surface area contributed by atoms with Crippen LogP contribution in [0.25, 0.3) is 10.9 Å². The van der Waals surface area contributed by atoms with Crippen LogP contribution in [0.1, 0.15) is 33.8 Å². The zero-order chi connectivity index (χ0) is 29.2. The quantitative estimate of drug-likeness (QED) is 0.164. The summed E-state index contributed by atoms with van der Waals surface area (Å²) in [7, 11) is 0. The lowest BCUT2D eigenvalue weighted by atomic mass is 9.76. The Kier molecular flexibility index (Phi) is 7.32. The van der Waals surface area contributed by atoms with E-state index < -0.39 is 5.54 Å². The van der Waals surface area contributed by atoms with E-state index in [9.17, 15) is 0 Å². The summed E-state index contributed by atoms with van der Waals surface area (Å²) in [6.45, 7) is 0.570. The smallest absolute Gasteiger partial charge is 0.130 e. The van der Waals surface area contributed by atoms with Gasteiger partial charge in [-0.05, 0) is 46.5 Å². The maximum absolute atomic E-state index is 6.51. The topological polar surface area (TPSA) is 35.6 Å². The molecule has 4 aromatic carbocycles. The van der Waals surface area contributed by atoms with Crippen LogP contribution in [0.15, 0.2) is 146 Å². The van der Waals surface area contributed by atoms with E-state index in [0.717, 1.165) is 44.7 Å². The maximum atomic E-state index is 6.51. The largest absolute Gasteiger partial charge is 0.340 e. The van der Waals surface area contributed by atoms with Gasteiger partial charge in [0.25, 0.3) is 0 Å². The number of imidazole rings is 1. The molecule has 0 N–H and O–H groups in total. The van der Waals surface area contributed by atoms with Crippen molar-refractivity contribution in [2.24, 2.45) is 0 Å². The highest BCUT2D eigenvalue weighted by Gasteiger charge is 2.39. The molecule has 210 valence electrons. The maximum Gasteiger partial charge on any atom is 0.130 e. The minimum atomic E-state index is -0.633. The normalized spacial score (nSPS) is 11.7. The van der Waals surface area contributed by atoms with E-state index in [-0.39, 0.29) is 0 Å². The first-order valence-electron chi connectivity index (χ1n) is 14.2. The molecule has 0 spiro atoms. The lowest BCUT2D eigenvalue weighted by molar-refractivity contribution is 0.486. The number of benzene rings is 4. The monoisotopic (exact) mass is 598 g/mol. The van der Waals surface area contributed by atoms with Gasteiger partial charge in [0.05, 0.1) is 17.8 Å². The molecule has 6 heteroatoms. The molecule has 0 aliphatic carbocycles. The Labute approximate surface area is 260 Å². The molecule has 7 rings (SSSR count). The molecule has 0 atom stereocenters.